The van der Waals surface area contributed by atoms with E-state index in [-0.39, 0.29) is 23.7 Å². The van der Waals surface area contributed by atoms with Gasteiger partial charge in [0.15, 0.2) is 12.1 Å². The molecule has 0 aromatic heterocycles. The summed E-state index contributed by atoms with van der Waals surface area (Å²) in [5.41, 5.74) is 0. The molecule has 0 radical (unpaired) electrons. The van der Waals surface area contributed by atoms with E-state index < -0.39 is 36.4 Å². The Balaban J connectivity index is 2.01. The van der Waals surface area contributed by atoms with Crippen molar-refractivity contribution in [2.24, 2.45) is 21.8 Å². The molecule has 2 N–H and O–H groups in total. The predicted molar refractivity (Wildman–Crippen MR) is 97.1 cm³/mol. The Morgan fingerprint density at radius 3 is 1.42 bits per heavy atom. The highest BCUT2D eigenvalue weighted by atomic mass is 16.5. The van der Waals surface area contributed by atoms with Gasteiger partial charge in [-0.25, -0.2) is 9.98 Å². The highest BCUT2D eigenvalue weighted by molar-refractivity contribution is 5.99. The fourth-order valence-electron chi connectivity index (χ4n) is 3.41. The lowest BCUT2D eigenvalue weighted by Crippen LogP contribution is -2.50. The quantitative estimate of drug-likeness (QED) is 0.751. The normalized spacial score (nSPS) is 37.1. The van der Waals surface area contributed by atoms with Gasteiger partial charge in [-0.05, 0) is 25.7 Å². The van der Waals surface area contributed by atoms with Crippen LogP contribution in [-0.4, -0.2) is 60.0 Å². The fraction of sp³-hybridized carbons (Fsp3) is 0.778. The average molecular weight is 364 g/mol. The zero-order valence-electron chi connectivity index (χ0n) is 16.1. The second-order valence-corrected chi connectivity index (χ2v) is 7.93. The summed E-state index contributed by atoms with van der Waals surface area (Å²) in [6.07, 6.45) is -0.786. The fourth-order valence-corrected chi connectivity index (χ4v) is 3.41. The minimum absolute atomic E-state index is 0.0548. The zero-order valence-corrected chi connectivity index (χ0v) is 16.1. The SMILES string of the molecule is CC(C)[C@@H]1NC(=O)[C@@H]2N=C(O[C@H]2C)[C@H](C(C)C)NC(=O)C2N=C1O[C@H]2C. The Labute approximate surface area is 153 Å². The van der Waals surface area contributed by atoms with Crippen molar-refractivity contribution in [1.82, 2.24) is 10.6 Å². The molecule has 3 aliphatic heterocycles. The monoisotopic (exact) mass is 364 g/mol. The van der Waals surface area contributed by atoms with Gasteiger partial charge in [0.2, 0.25) is 23.6 Å². The van der Waals surface area contributed by atoms with E-state index in [9.17, 15) is 9.59 Å². The van der Waals surface area contributed by atoms with Crippen LogP contribution in [0.15, 0.2) is 9.98 Å². The first-order chi connectivity index (χ1) is 12.2. The molecule has 4 bridgehead atoms. The van der Waals surface area contributed by atoms with Gasteiger partial charge in [-0.15, -0.1) is 0 Å². The van der Waals surface area contributed by atoms with Crippen LogP contribution < -0.4 is 10.6 Å². The number of nitrogens with one attached hydrogen (secondary N) is 2. The summed E-state index contributed by atoms with van der Waals surface area (Å²) in [5.74, 6) is 0.473. The molecule has 2 amide bonds. The summed E-state index contributed by atoms with van der Waals surface area (Å²) in [4.78, 5) is 34.6. The second kappa shape index (κ2) is 6.89. The first-order valence-electron chi connectivity index (χ1n) is 9.28. The smallest absolute Gasteiger partial charge is 0.249 e. The maximum absolute atomic E-state index is 12.8. The third kappa shape index (κ3) is 3.29. The van der Waals surface area contributed by atoms with Crippen molar-refractivity contribution < 1.29 is 19.1 Å². The highest BCUT2D eigenvalue weighted by Crippen LogP contribution is 2.23. The van der Waals surface area contributed by atoms with Crippen molar-refractivity contribution in [3.05, 3.63) is 0 Å². The van der Waals surface area contributed by atoms with Gasteiger partial charge < -0.3 is 20.1 Å². The first kappa shape index (κ1) is 18.7. The maximum Gasteiger partial charge on any atom is 0.249 e. The van der Waals surface area contributed by atoms with E-state index >= 15 is 0 Å². The molecule has 6 atom stereocenters. The molecule has 0 spiro atoms. The minimum atomic E-state index is -0.654. The summed E-state index contributed by atoms with van der Waals surface area (Å²) in [5, 5.41) is 5.97. The number of aliphatic imine (C=N–C) groups is 2. The third-order valence-corrected chi connectivity index (χ3v) is 5.03. The number of carbonyl (C=O) groups excluding carboxylic acids is 2. The number of nitrogens with zero attached hydrogens (tertiary/aromatic N) is 2. The van der Waals surface area contributed by atoms with Crippen LogP contribution in [0.2, 0.25) is 0 Å². The van der Waals surface area contributed by atoms with Crippen molar-refractivity contribution in [1.29, 1.82) is 0 Å². The first-order valence-corrected chi connectivity index (χ1v) is 9.28. The van der Waals surface area contributed by atoms with Gasteiger partial charge in [0, 0.05) is 0 Å². The van der Waals surface area contributed by atoms with Crippen molar-refractivity contribution in [3.8, 4) is 0 Å². The number of carbonyl (C=O) groups is 2. The number of hydrogen-bond acceptors (Lipinski definition) is 6. The Morgan fingerprint density at radius 2 is 1.12 bits per heavy atom. The molecule has 3 heterocycles. The molecule has 8 nitrogen and oxygen atoms in total. The van der Waals surface area contributed by atoms with E-state index in [0.29, 0.717) is 11.8 Å². The van der Waals surface area contributed by atoms with Crippen LogP contribution in [0.1, 0.15) is 41.5 Å². The standard InChI is InChI=1S/C18H28N4O4/c1-7(2)11-17-21-14(9(5)25-17)16(24)20-12(8(3)4)18-22-13(10(6)26-18)15(23)19-11/h7-14H,1-6H3,(H,19,23)(H,20,24)/t9-,10-,11-,12-,13+,14?/m0/s1. The predicted octanol–water partition coefficient (Wildman–Crippen LogP) is 0.653. The van der Waals surface area contributed by atoms with Gasteiger partial charge in [0.25, 0.3) is 0 Å². The van der Waals surface area contributed by atoms with E-state index in [1.54, 1.807) is 0 Å². The molecule has 144 valence electrons. The van der Waals surface area contributed by atoms with Crippen molar-refractivity contribution in [2.75, 3.05) is 0 Å². The number of rotatable bonds is 2. The number of hydrogen-bond donors (Lipinski definition) is 2. The van der Waals surface area contributed by atoms with Crippen LogP contribution in [0, 0.1) is 11.8 Å². The van der Waals surface area contributed by atoms with Gasteiger partial charge in [0.1, 0.15) is 24.3 Å². The second-order valence-electron chi connectivity index (χ2n) is 7.93. The Bertz CT molecular complexity index is 602. The molecule has 0 fully saturated rings. The van der Waals surface area contributed by atoms with Crippen LogP contribution in [0.4, 0.5) is 0 Å². The van der Waals surface area contributed by atoms with Gasteiger partial charge in [-0.3, -0.25) is 9.59 Å². The Morgan fingerprint density at radius 1 is 0.769 bits per heavy atom. The molecule has 3 rings (SSSR count). The topological polar surface area (TPSA) is 101 Å². The molecule has 3 aliphatic rings. The average Bonchev–Trinajstić information content (AvgIpc) is 3.11. The molecule has 0 aromatic rings. The summed E-state index contributed by atoms with van der Waals surface area (Å²) >= 11 is 0. The highest BCUT2D eigenvalue weighted by Gasteiger charge is 2.44. The molecule has 0 aromatic carbocycles. The lowest BCUT2D eigenvalue weighted by molar-refractivity contribution is -0.125. The third-order valence-electron chi connectivity index (χ3n) is 5.03. The van der Waals surface area contributed by atoms with Gasteiger partial charge in [0.05, 0.1) is 0 Å². The van der Waals surface area contributed by atoms with Crippen LogP contribution in [0.25, 0.3) is 0 Å². The van der Waals surface area contributed by atoms with E-state index in [4.69, 9.17) is 9.47 Å². The summed E-state index contributed by atoms with van der Waals surface area (Å²) in [6, 6.07) is -2.12. The summed E-state index contributed by atoms with van der Waals surface area (Å²) in [6.45, 7) is 11.5. The molecule has 0 aliphatic carbocycles. The van der Waals surface area contributed by atoms with E-state index in [2.05, 4.69) is 20.6 Å². The summed E-state index contributed by atoms with van der Waals surface area (Å²) < 4.78 is 11.7. The van der Waals surface area contributed by atoms with Crippen LogP contribution in [0.5, 0.6) is 0 Å². The Hall–Kier alpha value is -2.12. The largest absolute Gasteiger partial charge is 0.474 e. The lowest BCUT2D eigenvalue weighted by Gasteiger charge is -2.25. The van der Waals surface area contributed by atoms with Crippen molar-refractivity contribution in [3.63, 3.8) is 0 Å². The van der Waals surface area contributed by atoms with Crippen LogP contribution >= 0.6 is 0 Å². The van der Waals surface area contributed by atoms with Gasteiger partial charge >= 0.3 is 0 Å². The molecule has 0 saturated heterocycles. The molecular formula is C18H28N4O4. The minimum Gasteiger partial charge on any atom is -0.474 e. The van der Waals surface area contributed by atoms with Crippen molar-refractivity contribution >= 4 is 23.6 Å². The number of amides is 2. The molecular weight excluding hydrogens is 336 g/mol. The van der Waals surface area contributed by atoms with Crippen molar-refractivity contribution in [2.45, 2.75) is 77.9 Å². The lowest BCUT2D eigenvalue weighted by atomic mass is 10.0. The Kier molecular flexibility index (Phi) is 4.94. The molecule has 0 saturated carbocycles. The van der Waals surface area contributed by atoms with Crippen LogP contribution in [0.3, 0.4) is 0 Å². The van der Waals surface area contributed by atoms with E-state index in [1.807, 2.05) is 41.5 Å². The van der Waals surface area contributed by atoms with E-state index in [1.165, 1.54) is 0 Å². The summed E-state index contributed by atoms with van der Waals surface area (Å²) in [7, 11) is 0. The maximum atomic E-state index is 12.8. The zero-order chi connectivity index (χ0) is 19.2. The van der Waals surface area contributed by atoms with Gasteiger partial charge in [-0.2, -0.15) is 0 Å². The number of fused-ring (bicyclic) bond motifs is 2. The van der Waals surface area contributed by atoms with E-state index in [0.717, 1.165) is 0 Å². The van der Waals surface area contributed by atoms with Gasteiger partial charge in [-0.1, -0.05) is 27.7 Å². The van der Waals surface area contributed by atoms with Crippen LogP contribution in [-0.2, 0) is 19.1 Å². The molecule has 26 heavy (non-hydrogen) atoms. The number of ether oxygens (including phenoxy) is 2. The molecule has 1 unspecified atom stereocenters. The molecule has 8 heteroatoms.